The largest absolute Gasteiger partial charge is 4.00 e. The number of rotatable bonds is 0. The smallest absolute Gasteiger partial charge is 0.214 e. The average Bonchev–Trinajstić information content (AvgIpc) is 1.76. The summed E-state index contributed by atoms with van der Waals surface area (Å²) in [6, 6.07) is 10.0. The zero-order chi connectivity index (χ0) is 3.54. The van der Waals surface area contributed by atoms with Crippen molar-refractivity contribution in [1.82, 2.24) is 0 Å². The van der Waals surface area contributed by atoms with Crippen molar-refractivity contribution in [2.24, 2.45) is 0 Å². The Morgan fingerprint density at radius 3 is 1.67 bits per heavy atom. The summed E-state index contributed by atoms with van der Waals surface area (Å²) in [5.74, 6) is 0. The van der Waals surface area contributed by atoms with Gasteiger partial charge in [-0.3, -0.25) is 0 Å². The van der Waals surface area contributed by atoms with Crippen LogP contribution in [0, 0.1) is 0 Å². The van der Waals surface area contributed by atoms with Gasteiger partial charge in [0.15, 0.2) is 0 Å². The molecule has 0 nitrogen and oxygen atoms in total. The summed E-state index contributed by atoms with van der Waals surface area (Å²) >= 11 is 0. The molecule has 0 aliphatic rings. The van der Waals surface area contributed by atoms with Crippen LogP contribution in [0.25, 0.3) is 0 Å². The van der Waals surface area contributed by atoms with Gasteiger partial charge in [-0.1, -0.05) is 0 Å². The molecule has 26 valence electrons. The van der Waals surface area contributed by atoms with Gasteiger partial charge in [-0.25, -0.2) is 12.1 Å². The van der Waals surface area contributed by atoms with Crippen LogP contribution in [0.2, 0.25) is 0 Å². The van der Waals surface area contributed by atoms with Crippen molar-refractivity contribution < 1.29 is 26.2 Å². The predicted molar refractivity (Wildman–Crippen MR) is 22.0 cm³/mol. The Morgan fingerprint density at radius 2 is 1.50 bits per heavy atom. The van der Waals surface area contributed by atoms with E-state index in [1.165, 1.54) is 0 Å². The zero-order valence-corrected chi connectivity index (χ0v) is 5.84. The Balaban J connectivity index is 0.000000250. The Morgan fingerprint density at radius 1 is 1.00 bits per heavy atom. The maximum atomic E-state index is 2.00. The average molecular weight is 156 g/mol. The number of hydrogen-bond donors (Lipinski definition) is 0. The third kappa shape index (κ3) is 1.62. The van der Waals surface area contributed by atoms with Crippen LogP contribution in [0.1, 0.15) is 0 Å². The molecule has 0 aliphatic heterocycles. The van der Waals surface area contributed by atoms with Crippen molar-refractivity contribution >= 4 is 0 Å². The first-order chi connectivity index (χ1) is 2.50. The maximum absolute atomic E-state index is 2.00. The summed E-state index contributed by atoms with van der Waals surface area (Å²) in [5.41, 5.74) is 0. The molecule has 0 unspecified atom stereocenters. The first kappa shape index (κ1) is 6.23. The van der Waals surface area contributed by atoms with Gasteiger partial charge in [0, 0.05) is 0 Å². The predicted octanol–water partition coefficient (Wildman–Crippen LogP) is 1.40. The molecule has 0 heterocycles. The van der Waals surface area contributed by atoms with E-state index in [2.05, 4.69) is 0 Å². The molecule has 0 spiro atoms. The molecule has 0 fully saturated rings. The Bertz CT molecular complexity index is 60.4. The summed E-state index contributed by atoms with van der Waals surface area (Å²) < 4.78 is 0. The van der Waals surface area contributed by atoms with Crippen molar-refractivity contribution in [1.29, 1.82) is 0 Å². The third-order valence-corrected chi connectivity index (χ3v) is 0.556. The molecule has 0 bridgehead atoms. The Kier molecular flexibility index (Phi) is 3.56. The van der Waals surface area contributed by atoms with Gasteiger partial charge in [0.25, 0.3) is 0 Å². The topological polar surface area (TPSA) is 0 Å². The van der Waals surface area contributed by atoms with E-state index in [1.807, 2.05) is 30.3 Å². The molecular formula is C5H5Zr+3. The minimum atomic E-state index is 0. The van der Waals surface area contributed by atoms with Crippen molar-refractivity contribution in [3.05, 3.63) is 30.3 Å². The fourth-order valence-electron chi connectivity index (χ4n) is 0.321. The van der Waals surface area contributed by atoms with Crippen molar-refractivity contribution in [3.8, 4) is 0 Å². The zero-order valence-electron chi connectivity index (χ0n) is 3.39. The van der Waals surface area contributed by atoms with E-state index in [4.69, 9.17) is 0 Å². The minimum Gasteiger partial charge on any atom is -0.214 e. The van der Waals surface area contributed by atoms with Gasteiger partial charge in [0.2, 0.25) is 0 Å². The van der Waals surface area contributed by atoms with E-state index < -0.39 is 0 Å². The summed E-state index contributed by atoms with van der Waals surface area (Å²) in [5, 5.41) is 0. The van der Waals surface area contributed by atoms with Crippen molar-refractivity contribution in [3.63, 3.8) is 0 Å². The van der Waals surface area contributed by atoms with Crippen LogP contribution in [0.5, 0.6) is 0 Å². The van der Waals surface area contributed by atoms with E-state index in [0.29, 0.717) is 0 Å². The van der Waals surface area contributed by atoms with Gasteiger partial charge >= 0.3 is 26.2 Å². The molecule has 0 amide bonds. The Labute approximate surface area is 56.7 Å². The summed E-state index contributed by atoms with van der Waals surface area (Å²) in [6.45, 7) is 0. The molecule has 1 rings (SSSR count). The van der Waals surface area contributed by atoms with Crippen molar-refractivity contribution in [2.75, 3.05) is 0 Å². The fraction of sp³-hybridized carbons (Fsp3) is 0. The van der Waals surface area contributed by atoms with Crippen LogP contribution < -0.4 is 0 Å². The molecule has 1 heteroatoms. The second kappa shape index (κ2) is 3.42. The standard InChI is InChI=1S/C5H5.Zr/c1-2-4-5-3-1;/h1-5H;/q-1;+4. The van der Waals surface area contributed by atoms with Gasteiger partial charge in [0.05, 0.1) is 0 Å². The summed E-state index contributed by atoms with van der Waals surface area (Å²) in [7, 11) is 0. The monoisotopic (exact) mass is 155 g/mol. The molecule has 1 aromatic rings. The normalized spacial score (nSPS) is 6.67. The molecule has 6 heavy (non-hydrogen) atoms. The van der Waals surface area contributed by atoms with Gasteiger partial charge in [-0.2, -0.15) is 18.2 Å². The molecule has 0 radical (unpaired) electrons. The summed E-state index contributed by atoms with van der Waals surface area (Å²) in [6.07, 6.45) is 0. The Hall–Kier alpha value is 0.233. The van der Waals surface area contributed by atoms with E-state index >= 15 is 0 Å². The molecule has 0 aliphatic carbocycles. The third-order valence-electron chi connectivity index (χ3n) is 0.556. The van der Waals surface area contributed by atoms with E-state index in [-0.39, 0.29) is 26.2 Å². The fourth-order valence-corrected chi connectivity index (χ4v) is 0.321. The van der Waals surface area contributed by atoms with Gasteiger partial charge in [0.1, 0.15) is 0 Å². The SMILES string of the molecule is [Zr+4].c1cc[cH-]c1. The van der Waals surface area contributed by atoms with Gasteiger partial charge < -0.3 is 0 Å². The first-order valence-corrected chi connectivity index (χ1v) is 1.67. The maximum Gasteiger partial charge on any atom is 4.00 e. The van der Waals surface area contributed by atoms with Crippen molar-refractivity contribution in [2.45, 2.75) is 0 Å². The van der Waals surface area contributed by atoms with Crippen LogP contribution in [-0.2, 0) is 26.2 Å². The molecule has 0 aromatic heterocycles. The van der Waals surface area contributed by atoms with Gasteiger partial charge in [-0.15, -0.1) is 0 Å². The van der Waals surface area contributed by atoms with E-state index in [1.54, 1.807) is 0 Å². The van der Waals surface area contributed by atoms with Gasteiger partial charge in [-0.05, 0) is 0 Å². The van der Waals surface area contributed by atoms with Crippen LogP contribution in [0.15, 0.2) is 30.3 Å². The molecular weight excluding hydrogens is 151 g/mol. The van der Waals surface area contributed by atoms with Crippen LogP contribution in [0.3, 0.4) is 0 Å². The molecule has 1 aromatic carbocycles. The van der Waals surface area contributed by atoms with E-state index in [9.17, 15) is 0 Å². The molecule has 0 saturated carbocycles. The van der Waals surface area contributed by atoms with Crippen LogP contribution in [-0.4, -0.2) is 0 Å². The van der Waals surface area contributed by atoms with Crippen LogP contribution >= 0.6 is 0 Å². The quantitative estimate of drug-likeness (QED) is 0.498. The number of hydrogen-bond acceptors (Lipinski definition) is 0. The molecule has 0 saturated heterocycles. The minimum absolute atomic E-state index is 0. The van der Waals surface area contributed by atoms with E-state index in [0.717, 1.165) is 0 Å². The second-order valence-corrected chi connectivity index (χ2v) is 0.962. The first-order valence-electron chi connectivity index (χ1n) is 1.67. The summed E-state index contributed by atoms with van der Waals surface area (Å²) in [4.78, 5) is 0. The molecule has 0 atom stereocenters. The van der Waals surface area contributed by atoms with Crippen LogP contribution in [0.4, 0.5) is 0 Å². The molecule has 0 N–H and O–H groups in total. The second-order valence-electron chi connectivity index (χ2n) is 0.962.